The SMILES string of the molecule is C=C(F)C(=O)N1[C@H](C)CN(c2c(C#N)c(OC[C@@H]3CCCN3C)nc3c2CCN(c2c(C)ccc4cn[nH]c24)C3)C[C@@H]1C. The molecule has 43 heavy (non-hydrogen) atoms. The second-order valence-electron chi connectivity index (χ2n) is 12.2. The molecule has 3 aromatic rings. The van der Waals surface area contributed by atoms with Crippen LogP contribution in [0.4, 0.5) is 15.8 Å². The van der Waals surface area contributed by atoms with Crippen LogP contribution < -0.4 is 14.5 Å². The summed E-state index contributed by atoms with van der Waals surface area (Å²) in [6, 6.07) is 6.32. The van der Waals surface area contributed by atoms with Gasteiger partial charge in [0.2, 0.25) is 5.88 Å². The minimum Gasteiger partial charge on any atom is -0.475 e. The molecule has 1 N–H and O–H groups in total. The van der Waals surface area contributed by atoms with Gasteiger partial charge in [0.25, 0.3) is 5.91 Å². The molecule has 0 saturated carbocycles. The summed E-state index contributed by atoms with van der Waals surface area (Å²) < 4.78 is 20.3. The Labute approximate surface area is 251 Å². The first kappa shape index (κ1) is 28.9. The van der Waals surface area contributed by atoms with Gasteiger partial charge in [-0.25, -0.2) is 9.37 Å². The number of aromatic nitrogens is 3. The van der Waals surface area contributed by atoms with E-state index in [0.29, 0.717) is 44.1 Å². The van der Waals surface area contributed by atoms with Crippen LogP contribution in [0.2, 0.25) is 0 Å². The molecule has 3 aliphatic heterocycles. The van der Waals surface area contributed by atoms with Crippen LogP contribution in [0.25, 0.3) is 10.9 Å². The zero-order valence-corrected chi connectivity index (χ0v) is 25.4. The molecule has 3 atom stereocenters. The maximum absolute atomic E-state index is 13.9. The molecule has 2 fully saturated rings. The maximum atomic E-state index is 13.9. The number of ether oxygens (including phenoxy) is 1. The van der Waals surface area contributed by atoms with E-state index in [4.69, 9.17) is 9.72 Å². The molecule has 1 amide bonds. The Hall–Kier alpha value is -4.17. The number of fused-ring (bicyclic) bond motifs is 2. The lowest BCUT2D eigenvalue weighted by Crippen LogP contribution is -2.59. The zero-order valence-electron chi connectivity index (χ0n) is 25.4. The number of amides is 1. The summed E-state index contributed by atoms with van der Waals surface area (Å²) >= 11 is 0. The minimum absolute atomic E-state index is 0.272. The van der Waals surface area contributed by atoms with E-state index >= 15 is 0 Å². The fourth-order valence-corrected chi connectivity index (χ4v) is 7.20. The third-order valence-corrected chi connectivity index (χ3v) is 9.30. The molecule has 1 aromatic carbocycles. The number of nitrogens with zero attached hydrogens (tertiary/aromatic N) is 7. The van der Waals surface area contributed by atoms with Crippen LogP contribution in [0.5, 0.6) is 5.88 Å². The molecular formula is C32H39FN8O2. The van der Waals surface area contributed by atoms with Gasteiger partial charge >= 0.3 is 0 Å². The Morgan fingerprint density at radius 3 is 2.65 bits per heavy atom. The van der Waals surface area contributed by atoms with Gasteiger partial charge in [-0.2, -0.15) is 10.4 Å². The Morgan fingerprint density at radius 2 is 1.98 bits per heavy atom. The molecule has 5 heterocycles. The fraction of sp³-hybridized carbons (Fsp3) is 0.500. The number of carbonyl (C=O) groups excluding carboxylic acids is 1. The number of rotatable bonds is 6. The summed E-state index contributed by atoms with van der Waals surface area (Å²) in [4.78, 5) is 26.0. The first-order valence-corrected chi connectivity index (χ1v) is 15.1. The van der Waals surface area contributed by atoms with Gasteiger partial charge in [0.1, 0.15) is 18.2 Å². The van der Waals surface area contributed by atoms with Gasteiger partial charge in [-0.15, -0.1) is 0 Å². The van der Waals surface area contributed by atoms with Gasteiger partial charge in [-0.3, -0.25) is 9.89 Å². The van der Waals surface area contributed by atoms with Crippen LogP contribution in [-0.2, 0) is 17.8 Å². The molecule has 0 aliphatic carbocycles. The number of hydrogen-bond donors (Lipinski definition) is 1. The van der Waals surface area contributed by atoms with Crippen molar-refractivity contribution in [2.75, 3.05) is 49.6 Å². The van der Waals surface area contributed by atoms with Crippen molar-refractivity contribution in [3.05, 3.63) is 53.1 Å². The number of nitriles is 1. The van der Waals surface area contributed by atoms with E-state index in [0.717, 1.165) is 65.0 Å². The van der Waals surface area contributed by atoms with E-state index < -0.39 is 11.7 Å². The second-order valence-corrected chi connectivity index (χ2v) is 12.2. The number of piperazine rings is 1. The Kier molecular flexibility index (Phi) is 7.73. The average molecular weight is 587 g/mol. The number of hydrogen-bond acceptors (Lipinski definition) is 8. The van der Waals surface area contributed by atoms with Crippen molar-refractivity contribution in [3.8, 4) is 11.9 Å². The molecule has 0 bridgehead atoms. The van der Waals surface area contributed by atoms with Crippen LogP contribution in [0, 0.1) is 18.3 Å². The number of H-pyrrole nitrogens is 1. The summed E-state index contributed by atoms with van der Waals surface area (Å²) in [5.74, 6) is -1.28. The molecule has 0 unspecified atom stereocenters. The van der Waals surface area contributed by atoms with Gasteiger partial charge in [0.15, 0.2) is 5.83 Å². The van der Waals surface area contributed by atoms with Gasteiger partial charge in [0.05, 0.1) is 35.3 Å². The van der Waals surface area contributed by atoms with Crippen molar-refractivity contribution in [1.29, 1.82) is 5.26 Å². The lowest BCUT2D eigenvalue weighted by molar-refractivity contribution is -0.133. The summed E-state index contributed by atoms with van der Waals surface area (Å²) in [5.41, 5.74) is 6.40. The number of likely N-dealkylation sites (N-methyl/N-ethyl adjacent to an activating group) is 1. The van der Waals surface area contributed by atoms with E-state index in [1.54, 1.807) is 4.90 Å². The van der Waals surface area contributed by atoms with Crippen molar-refractivity contribution in [2.45, 2.75) is 64.7 Å². The monoisotopic (exact) mass is 586 g/mol. The third kappa shape index (κ3) is 5.18. The predicted molar refractivity (Wildman–Crippen MR) is 164 cm³/mol. The predicted octanol–water partition coefficient (Wildman–Crippen LogP) is 4.08. The summed E-state index contributed by atoms with van der Waals surface area (Å²) in [5, 5.41) is 19.0. The van der Waals surface area contributed by atoms with Crippen molar-refractivity contribution in [1.82, 2.24) is 25.0 Å². The smallest absolute Gasteiger partial charge is 0.282 e. The quantitative estimate of drug-likeness (QED) is 0.431. The zero-order chi connectivity index (χ0) is 30.4. The molecule has 0 spiro atoms. The highest BCUT2D eigenvalue weighted by Gasteiger charge is 2.38. The maximum Gasteiger partial charge on any atom is 0.282 e. The number of anilines is 2. The fourth-order valence-electron chi connectivity index (χ4n) is 7.20. The molecular weight excluding hydrogens is 547 g/mol. The number of aryl methyl sites for hydroxylation is 1. The van der Waals surface area contributed by atoms with Crippen LogP contribution in [0.1, 0.15) is 49.1 Å². The molecule has 2 saturated heterocycles. The summed E-state index contributed by atoms with van der Waals surface area (Å²) in [6.45, 7) is 12.8. The van der Waals surface area contributed by atoms with Crippen molar-refractivity contribution in [3.63, 3.8) is 0 Å². The van der Waals surface area contributed by atoms with Crippen molar-refractivity contribution < 1.29 is 13.9 Å². The highest BCUT2D eigenvalue weighted by Crippen LogP contribution is 2.40. The van der Waals surface area contributed by atoms with Crippen LogP contribution in [-0.4, -0.2) is 88.8 Å². The first-order chi connectivity index (χ1) is 20.7. The second kappa shape index (κ2) is 11.5. The average Bonchev–Trinajstić information content (AvgIpc) is 3.62. The standard InChI is InChI=1S/C32H39FN8O2/c1-19-8-9-23-14-35-37-28(23)29(19)39-12-10-25-27(17-39)36-31(43-18-24-7-6-11-38(24)5)26(13-34)30(25)40-15-20(2)41(21(3)16-40)32(42)22(4)33/h8-9,14,20-21,24H,4,6-7,10-12,15-18H2,1-3,5H3,(H,35,37)/t20-,21+,24-/m0/s1. The molecule has 10 nitrogen and oxygen atoms in total. The number of benzene rings is 1. The van der Waals surface area contributed by atoms with E-state index in [2.05, 4.69) is 63.6 Å². The highest BCUT2D eigenvalue weighted by molar-refractivity contribution is 5.93. The van der Waals surface area contributed by atoms with Crippen LogP contribution in [0.15, 0.2) is 30.7 Å². The number of nitrogens with one attached hydrogen (secondary N) is 1. The van der Waals surface area contributed by atoms with Crippen molar-refractivity contribution >= 4 is 28.2 Å². The number of aromatic amines is 1. The normalized spacial score (nSPS) is 22.5. The number of likely N-dealkylation sites (tertiary alicyclic amines) is 1. The first-order valence-electron chi connectivity index (χ1n) is 15.1. The number of pyridine rings is 1. The van der Waals surface area contributed by atoms with Crippen LogP contribution >= 0.6 is 0 Å². The molecule has 226 valence electrons. The highest BCUT2D eigenvalue weighted by atomic mass is 19.1. The van der Waals surface area contributed by atoms with E-state index in [1.807, 2.05) is 20.0 Å². The molecule has 11 heteroatoms. The Morgan fingerprint density at radius 1 is 1.21 bits per heavy atom. The van der Waals surface area contributed by atoms with E-state index in [1.165, 1.54) is 0 Å². The summed E-state index contributed by atoms with van der Waals surface area (Å²) in [6.07, 6.45) is 4.69. The Balaban J connectivity index is 1.40. The molecule has 6 rings (SSSR count). The lowest BCUT2D eigenvalue weighted by atomic mass is 9.96. The molecule has 2 aromatic heterocycles. The largest absolute Gasteiger partial charge is 0.475 e. The minimum atomic E-state index is -0.957. The third-order valence-electron chi connectivity index (χ3n) is 9.30. The molecule has 3 aliphatic rings. The topological polar surface area (TPSA) is 105 Å². The van der Waals surface area contributed by atoms with Gasteiger partial charge in [-0.1, -0.05) is 18.7 Å². The van der Waals surface area contributed by atoms with Gasteiger partial charge < -0.3 is 24.3 Å². The lowest BCUT2D eigenvalue weighted by Gasteiger charge is -2.46. The number of carbonyl (C=O) groups is 1. The Bertz CT molecular complexity index is 1600. The van der Waals surface area contributed by atoms with E-state index in [9.17, 15) is 14.4 Å². The van der Waals surface area contributed by atoms with Crippen LogP contribution in [0.3, 0.4) is 0 Å². The number of halogens is 1. The van der Waals surface area contributed by atoms with Gasteiger partial charge in [0, 0.05) is 48.7 Å². The summed E-state index contributed by atoms with van der Waals surface area (Å²) in [7, 11) is 2.10. The van der Waals surface area contributed by atoms with E-state index in [-0.39, 0.29) is 18.1 Å². The molecule has 0 radical (unpaired) electrons. The van der Waals surface area contributed by atoms with Crippen molar-refractivity contribution in [2.24, 2.45) is 0 Å². The van der Waals surface area contributed by atoms with Gasteiger partial charge in [-0.05, 0) is 59.2 Å².